The summed E-state index contributed by atoms with van der Waals surface area (Å²) in [6.45, 7) is 10.5. The second-order valence-corrected chi connectivity index (χ2v) is 7.68. The first-order valence-corrected chi connectivity index (χ1v) is 9.74. The minimum atomic E-state index is 0.481. The topological polar surface area (TPSA) is 9.23 Å². The number of ether oxygens (including phenoxy) is 1. The Bertz CT molecular complexity index is 250. The lowest BCUT2D eigenvalue weighted by Gasteiger charge is -2.42. The molecule has 0 aromatic carbocycles. The second kappa shape index (κ2) is 10.6. The van der Waals surface area contributed by atoms with Crippen molar-refractivity contribution in [1.82, 2.24) is 0 Å². The monoisotopic (exact) mass is 296 g/mol. The van der Waals surface area contributed by atoms with Gasteiger partial charge in [-0.15, -0.1) is 0 Å². The maximum Gasteiger partial charge on any atom is 0.0549 e. The van der Waals surface area contributed by atoms with Crippen LogP contribution < -0.4 is 0 Å². The molecule has 1 unspecified atom stereocenters. The summed E-state index contributed by atoms with van der Waals surface area (Å²) in [4.78, 5) is 0. The summed E-state index contributed by atoms with van der Waals surface area (Å²) in [6, 6.07) is 0. The van der Waals surface area contributed by atoms with E-state index >= 15 is 0 Å². The molecular weight excluding hydrogens is 256 g/mol. The van der Waals surface area contributed by atoms with Crippen LogP contribution in [0.4, 0.5) is 0 Å². The molecule has 1 nitrogen and oxygen atoms in total. The fraction of sp³-hybridized carbons (Fsp3) is 1.00. The Morgan fingerprint density at radius 3 is 2.10 bits per heavy atom. The smallest absolute Gasteiger partial charge is 0.0549 e. The van der Waals surface area contributed by atoms with Crippen molar-refractivity contribution in [3.8, 4) is 0 Å². The van der Waals surface area contributed by atoms with Crippen LogP contribution in [-0.4, -0.2) is 12.7 Å². The van der Waals surface area contributed by atoms with Crippen LogP contribution in [0.2, 0.25) is 0 Å². The maximum absolute atomic E-state index is 5.79. The molecule has 1 fully saturated rings. The van der Waals surface area contributed by atoms with Crippen LogP contribution in [0.25, 0.3) is 0 Å². The zero-order valence-corrected chi connectivity index (χ0v) is 15.3. The summed E-state index contributed by atoms with van der Waals surface area (Å²) >= 11 is 0. The van der Waals surface area contributed by atoms with Gasteiger partial charge in [0.05, 0.1) is 6.10 Å². The zero-order chi connectivity index (χ0) is 15.6. The molecule has 1 heteroatoms. The normalized spacial score (nSPS) is 25.7. The van der Waals surface area contributed by atoms with Gasteiger partial charge in [-0.1, -0.05) is 72.1 Å². The highest BCUT2D eigenvalue weighted by Gasteiger charge is 2.35. The van der Waals surface area contributed by atoms with E-state index in [1.54, 1.807) is 0 Å². The van der Waals surface area contributed by atoms with Crippen LogP contribution in [0.3, 0.4) is 0 Å². The highest BCUT2D eigenvalue weighted by atomic mass is 16.5. The summed E-state index contributed by atoms with van der Waals surface area (Å²) < 4.78 is 5.79. The molecule has 1 aliphatic rings. The molecule has 1 aliphatic heterocycles. The third kappa shape index (κ3) is 7.17. The molecule has 1 heterocycles. The molecule has 0 aliphatic carbocycles. The van der Waals surface area contributed by atoms with Crippen molar-refractivity contribution in [2.24, 2.45) is 11.3 Å². The molecule has 0 bridgehead atoms. The number of rotatable bonds is 11. The number of hydrogen-bond acceptors (Lipinski definition) is 1. The molecule has 0 saturated carbocycles. The fourth-order valence-electron chi connectivity index (χ4n) is 4.08. The molecule has 0 N–H and O–H groups in total. The lowest BCUT2D eigenvalue weighted by atomic mass is 9.66. The molecule has 1 saturated heterocycles. The highest BCUT2D eigenvalue weighted by Crippen LogP contribution is 2.44. The largest absolute Gasteiger partial charge is 0.378 e. The average molecular weight is 297 g/mol. The predicted octanol–water partition coefficient (Wildman–Crippen LogP) is 6.75. The molecule has 0 aromatic rings. The van der Waals surface area contributed by atoms with E-state index in [0.29, 0.717) is 11.5 Å². The fourth-order valence-corrected chi connectivity index (χ4v) is 4.08. The van der Waals surface area contributed by atoms with E-state index in [-0.39, 0.29) is 0 Å². The summed E-state index contributed by atoms with van der Waals surface area (Å²) in [5.41, 5.74) is 0.569. The summed E-state index contributed by atoms with van der Waals surface area (Å²) in [5, 5.41) is 0. The van der Waals surface area contributed by atoms with Gasteiger partial charge in [0.25, 0.3) is 0 Å². The number of unbranched alkanes of at least 4 members (excludes halogenated alkanes) is 6. The minimum Gasteiger partial charge on any atom is -0.378 e. The highest BCUT2D eigenvalue weighted by molar-refractivity contribution is 4.86. The van der Waals surface area contributed by atoms with Gasteiger partial charge in [-0.2, -0.15) is 0 Å². The van der Waals surface area contributed by atoms with Gasteiger partial charge in [0.1, 0.15) is 0 Å². The lowest BCUT2D eigenvalue weighted by molar-refractivity contribution is -0.0388. The van der Waals surface area contributed by atoms with Gasteiger partial charge in [0.15, 0.2) is 0 Å². The first kappa shape index (κ1) is 19.0. The van der Waals surface area contributed by atoms with Crippen molar-refractivity contribution < 1.29 is 4.74 Å². The van der Waals surface area contributed by atoms with E-state index in [9.17, 15) is 0 Å². The molecule has 0 spiro atoms. The Morgan fingerprint density at radius 1 is 0.905 bits per heavy atom. The average Bonchev–Trinajstić information content (AvgIpc) is 2.47. The van der Waals surface area contributed by atoms with Gasteiger partial charge >= 0.3 is 0 Å². The SMILES string of the molecule is CCCCCCC[C@@](C)(CCCCC)C1CCO[C@H](C)C1. The van der Waals surface area contributed by atoms with Crippen LogP contribution >= 0.6 is 0 Å². The molecule has 0 radical (unpaired) electrons. The molecule has 0 aromatic heterocycles. The summed E-state index contributed by atoms with van der Waals surface area (Å²) in [7, 11) is 0. The third-order valence-electron chi connectivity index (χ3n) is 5.67. The van der Waals surface area contributed by atoms with Crippen molar-refractivity contribution in [2.75, 3.05) is 6.61 Å². The Balaban J connectivity index is 2.47. The van der Waals surface area contributed by atoms with Crippen LogP contribution in [-0.2, 0) is 4.74 Å². The first-order valence-electron chi connectivity index (χ1n) is 9.74. The Morgan fingerprint density at radius 2 is 1.48 bits per heavy atom. The minimum absolute atomic E-state index is 0.481. The van der Waals surface area contributed by atoms with Crippen molar-refractivity contribution >= 4 is 0 Å². The number of hydrogen-bond donors (Lipinski definition) is 0. The van der Waals surface area contributed by atoms with E-state index in [0.717, 1.165) is 12.5 Å². The Hall–Kier alpha value is -0.0400. The first-order chi connectivity index (χ1) is 10.1. The van der Waals surface area contributed by atoms with Gasteiger partial charge in [-0.3, -0.25) is 0 Å². The summed E-state index contributed by atoms with van der Waals surface area (Å²) in [5.74, 6) is 0.893. The zero-order valence-electron chi connectivity index (χ0n) is 15.3. The van der Waals surface area contributed by atoms with E-state index in [1.165, 1.54) is 77.0 Å². The lowest BCUT2D eigenvalue weighted by Crippen LogP contribution is -2.35. The van der Waals surface area contributed by atoms with Gasteiger partial charge in [-0.05, 0) is 43.9 Å². The van der Waals surface area contributed by atoms with Crippen molar-refractivity contribution in [1.29, 1.82) is 0 Å². The van der Waals surface area contributed by atoms with Crippen LogP contribution in [0, 0.1) is 11.3 Å². The molecule has 0 amide bonds. The molecular formula is C20H40O. The maximum atomic E-state index is 5.79. The van der Waals surface area contributed by atoms with Gasteiger partial charge in [0, 0.05) is 6.61 Å². The third-order valence-corrected chi connectivity index (χ3v) is 5.67. The van der Waals surface area contributed by atoms with E-state index in [1.807, 2.05) is 0 Å². The van der Waals surface area contributed by atoms with Gasteiger partial charge in [-0.25, -0.2) is 0 Å². The predicted molar refractivity (Wildman–Crippen MR) is 93.8 cm³/mol. The van der Waals surface area contributed by atoms with E-state index in [2.05, 4.69) is 27.7 Å². The second-order valence-electron chi connectivity index (χ2n) is 7.68. The quantitative estimate of drug-likeness (QED) is 0.383. The molecule has 3 atom stereocenters. The Labute approximate surface area is 134 Å². The summed E-state index contributed by atoms with van der Waals surface area (Å²) in [6.07, 6.45) is 17.2. The van der Waals surface area contributed by atoms with Crippen LogP contribution in [0.5, 0.6) is 0 Å². The van der Waals surface area contributed by atoms with Crippen LogP contribution in [0.1, 0.15) is 105 Å². The van der Waals surface area contributed by atoms with Crippen molar-refractivity contribution in [3.63, 3.8) is 0 Å². The van der Waals surface area contributed by atoms with Gasteiger partial charge < -0.3 is 4.74 Å². The van der Waals surface area contributed by atoms with Crippen molar-refractivity contribution in [3.05, 3.63) is 0 Å². The van der Waals surface area contributed by atoms with E-state index in [4.69, 9.17) is 4.74 Å². The van der Waals surface area contributed by atoms with Crippen LogP contribution in [0.15, 0.2) is 0 Å². The molecule has 1 rings (SSSR count). The standard InChI is InChI=1S/C20H40O/c1-5-7-9-10-12-15-20(4,14-11-8-6-2)19-13-16-21-18(3)17-19/h18-19H,5-17H2,1-4H3/t18-,19?,20-/m1/s1. The Kier molecular flexibility index (Phi) is 9.64. The molecule has 126 valence electrons. The van der Waals surface area contributed by atoms with Gasteiger partial charge in [0.2, 0.25) is 0 Å². The van der Waals surface area contributed by atoms with E-state index < -0.39 is 0 Å². The van der Waals surface area contributed by atoms with Crippen molar-refractivity contribution in [2.45, 2.75) is 111 Å². The molecule has 21 heavy (non-hydrogen) atoms.